The summed E-state index contributed by atoms with van der Waals surface area (Å²) in [5.41, 5.74) is 0.487. The highest BCUT2D eigenvalue weighted by atomic mass is 19.1. The Balaban J connectivity index is 2.42. The lowest BCUT2D eigenvalue weighted by atomic mass is 10.1. The van der Waals surface area contributed by atoms with Crippen molar-refractivity contribution >= 4 is 11.8 Å². The third-order valence-electron chi connectivity index (χ3n) is 3.13. The Morgan fingerprint density at radius 3 is 2.24 bits per heavy atom. The van der Waals surface area contributed by atoms with Crippen LogP contribution in [-0.2, 0) is 16.0 Å². The maximum Gasteiger partial charge on any atom is 0.224 e. The van der Waals surface area contributed by atoms with Crippen molar-refractivity contribution in [3.05, 3.63) is 35.6 Å². The van der Waals surface area contributed by atoms with E-state index in [0.29, 0.717) is 13.1 Å². The summed E-state index contributed by atoms with van der Waals surface area (Å²) in [5, 5.41) is 2.78. The van der Waals surface area contributed by atoms with E-state index in [0.717, 1.165) is 5.56 Å². The largest absolute Gasteiger partial charge is 0.354 e. The predicted octanol–water partition coefficient (Wildman–Crippen LogP) is 2.13. The SMILES string of the molecule is CC(=O)N(CCNC(=O)Cc1ccc(F)cc1)C(C)(C)C. The van der Waals surface area contributed by atoms with Crippen LogP contribution in [0.15, 0.2) is 24.3 Å². The van der Waals surface area contributed by atoms with Gasteiger partial charge in [0.1, 0.15) is 5.82 Å². The van der Waals surface area contributed by atoms with Crippen LogP contribution >= 0.6 is 0 Å². The maximum absolute atomic E-state index is 12.8. The minimum atomic E-state index is -0.318. The van der Waals surface area contributed by atoms with E-state index in [1.165, 1.54) is 19.1 Å². The normalized spacial score (nSPS) is 11.1. The molecular formula is C16H23FN2O2. The number of benzene rings is 1. The third-order valence-corrected chi connectivity index (χ3v) is 3.13. The lowest BCUT2D eigenvalue weighted by molar-refractivity contribution is -0.134. The molecule has 21 heavy (non-hydrogen) atoms. The molecule has 1 aromatic carbocycles. The summed E-state index contributed by atoms with van der Waals surface area (Å²) in [4.78, 5) is 25.1. The van der Waals surface area contributed by atoms with E-state index in [2.05, 4.69) is 5.32 Å². The van der Waals surface area contributed by atoms with Gasteiger partial charge in [-0.05, 0) is 38.5 Å². The van der Waals surface area contributed by atoms with E-state index in [9.17, 15) is 14.0 Å². The minimum absolute atomic E-state index is 0.0183. The van der Waals surface area contributed by atoms with Gasteiger partial charge < -0.3 is 10.2 Å². The van der Waals surface area contributed by atoms with E-state index in [-0.39, 0.29) is 29.6 Å². The van der Waals surface area contributed by atoms with Crippen LogP contribution in [0.3, 0.4) is 0 Å². The molecular weight excluding hydrogens is 271 g/mol. The molecule has 1 rings (SSSR count). The van der Waals surface area contributed by atoms with Crippen molar-refractivity contribution in [2.45, 2.75) is 39.7 Å². The monoisotopic (exact) mass is 294 g/mol. The standard InChI is InChI=1S/C16H23FN2O2/c1-12(20)19(16(2,3)4)10-9-18-15(21)11-13-5-7-14(17)8-6-13/h5-8H,9-11H2,1-4H3,(H,18,21). The number of hydrogen-bond donors (Lipinski definition) is 1. The molecule has 0 saturated heterocycles. The number of carbonyl (C=O) groups is 2. The molecule has 0 unspecified atom stereocenters. The molecule has 1 N–H and O–H groups in total. The molecule has 2 amide bonds. The van der Waals surface area contributed by atoms with Crippen molar-refractivity contribution in [2.24, 2.45) is 0 Å². The first-order valence-electron chi connectivity index (χ1n) is 6.99. The molecule has 0 saturated carbocycles. The molecule has 1 aromatic rings. The van der Waals surface area contributed by atoms with Crippen LogP contribution in [0.25, 0.3) is 0 Å². The van der Waals surface area contributed by atoms with Gasteiger partial charge in [-0.25, -0.2) is 4.39 Å². The van der Waals surface area contributed by atoms with Crippen molar-refractivity contribution in [1.29, 1.82) is 0 Å². The van der Waals surface area contributed by atoms with Gasteiger partial charge in [-0.3, -0.25) is 9.59 Å². The molecule has 0 aliphatic rings. The first-order chi connectivity index (χ1) is 9.70. The Kier molecular flexibility index (Phi) is 5.88. The van der Waals surface area contributed by atoms with E-state index in [1.54, 1.807) is 17.0 Å². The molecule has 0 atom stereocenters. The Labute approximate surface area is 125 Å². The summed E-state index contributed by atoms with van der Waals surface area (Å²) in [6.07, 6.45) is 0.204. The van der Waals surface area contributed by atoms with Crippen molar-refractivity contribution in [2.75, 3.05) is 13.1 Å². The summed E-state index contributed by atoms with van der Waals surface area (Å²) >= 11 is 0. The van der Waals surface area contributed by atoms with Gasteiger partial charge in [0.25, 0.3) is 0 Å². The fourth-order valence-electron chi connectivity index (χ4n) is 2.12. The van der Waals surface area contributed by atoms with Crippen molar-refractivity contribution in [1.82, 2.24) is 10.2 Å². The average molecular weight is 294 g/mol. The Bertz CT molecular complexity index is 492. The van der Waals surface area contributed by atoms with Crippen LogP contribution in [0.2, 0.25) is 0 Å². The zero-order chi connectivity index (χ0) is 16.0. The first kappa shape index (κ1) is 17.1. The lowest BCUT2D eigenvalue weighted by Gasteiger charge is -2.35. The molecule has 0 heterocycles. The fraction of sp³-hybridized carbons (Fsp3) is 0.500. The number of hydrogen-bond acceptors (Lipinski definition) is 2. The van der Waals surface area contributed by atoms with Gasteiger partial charge in [0, 0.05) is 25.6 Å². The van der Waals surface area contributed by atoms with Crippen LogP contribution in [0.1, 0.15) is 33.3 Å². The summed E-state index contributed by atoms with van der Waals surface area (Å²) in [7, 11) is 0. The van der Waals surface area contributed by atoms with Gasteiger partial charge in [0.05, 0.1) is 6.42 Å². The quantitative estimate of drug-likeness (QED) is 0.904. The second-order valence-electron chi connectivity index (χ2n) is 5.99. The Morgan fingerprint density at radius 2 is 1.76 bits per heavy atom. The number of nitrogens with zero attached hydrogens (tertiary/aromatic N) is 1. The van der Waals surface area contributed by atoms with Gasteiger partial charge in [-0.2, -0.15) is 0 Å². The van der Waals surface area contributed by atoms with E-state index in [1.807, 2.05) is 20.8 Å². The predicted molar refractivity (Wildman–Crippen MR) is 80.3 cm³/mol. The molecule has 0 fully saturated rings. The molecule has 5 heteroatoms. The average Bonchev–Trinajstić information content (AvgIpc) is 2.35. The zero-order valence-electron chi connectivity index (χ0n) is 13.1. The lowest BCUT2D eigenvalue weighted by Crippen LogP contribution is -2.48. The van der Waals surface area contributed by atoms with Crippen LogP contribution in [0.5, 0.6) is 0 Å². The van der Waals surface area contributed by atoms with E-state index < -0.39 is 0 Å². The number of rotatable bonds is 5. The Hall–Kier alpha value is -1.91. The zero-order valence-corrected chi connectivity index (χ0v) is 13.1. The summed E-state index contributed by atoms with van der Waals surface area (Å²) < 4.78 is 12.8. The van der Waals surface area contributed by atoms with Gasteiger partial charge in [-0.1, -0.05) is 12.1 Å². The fourth-order valence-corrected chi connectivity index (χ4v) is 2.12. The molecule has 0 aromatic heterocycles. The molecule has 0 aliphatic carbocycles. The second kappa shape index (κ2) is 7.20. The first-order valence-corrected chi connectivity index (χ1v) is 6.99. The molecule has 4 nitrogen and oxygen atoms in total. The van der Waals surface area contributed by atoms with Crippen LogP contribution in [0.4, 0.5) is 4.39 Å². The second-order valence-corrected chi connectivity index (χ2v) is 5.99. The van der Waals surface area contributed by atoms with Crippen LogP contribution in [-0.4, -0.2) is 35.3 Å². The highest BCUT2D eigenvalue weighted by Gasteiger charge is 2.23. The smallest absolute Gasteiger partial charge is 0.224 e. The summed E-state index contributed by atoms with van der Waals surface area (Å²) in [5.74, 6) is -0.476. The minimum Gasteiger partial charge on any atom is -0.354 e. The molecule has 0 spiro atoms. The van der Waals surface area contributed by atoms with Crippen molar-refractivity contribution < 1.29 is 14.0 Å². The van der Waals surface area contributed by atoms with Crippen molar-refractivity contribution in [3.63, 3.8) is 0 Å². The topological polar surface area (TPSA) is 49.4 Å². The summed E-state index contributed by atoms with van der Waals surface area (Å²) in [6.45, 7) is 8.24. The van der Waals surface area contributed by atoms with Crippen molar-refractivity contribution in [3.8, 4) is 0 Å². The highest BCUT2D eigenvalue weighted by molar-refractivity contribution is 5.78. The number of carbonyl (C=O) groups excluding carboxylic acids is 2. The molecule has 116 valence electrons. The van der Waals surface area contributed by atoms with Gasteiger partial charge in [-0.15, -0.1) is 0 Å². The van der Waals surface area contributed by atoms with Crippen LogP contribution in [0, 0.1) is 5.82 Å². The van der Waals surface area contributed by atoms with E-state index >= 15 is 0 Å². The number of amides is 2. The summed E-state index contributed by atoms with van der Waals surface area (Å²) in [6, 6.07) is 5.84. The van der Waals surface area contributed by atoms with Crippen LogP contribution < -0.4 is 5.32 Å². The number of halogens is 1. The Morgan fingerprint density at radius 1 is 1.19 bits per heavy atom. The van der Waals surface area contributed by atoms with Gasteiger partial charge in [0.15, 0.2) is 0 Å². The highest BCUT2D eigenvalue weighted by Crippen LogP contribution is 2.12. The molecule has 0 bridgehead atoms. The number of nitrogens with one attached hydrogen (secondary N) is 1. The molecule has 0 radical (unpaired) electrons. The van der Waals surface area contributed by atoms with E-state index in [4.69, 9.17) is 0 Å². The third kappa shape index (κ3) is 5.94. The molecule has 0 aliphatic heterocycles. The van der Waals surface area contributed by atoms with Gasteiger partial charge in [0.2, 0.25) is 11.8 Å². The van der Waals surface area contributed by atoms with Gasteiger partial charge >= 0.3 is 0 Å². The maximum atomic E-state index is 12.8.